The maximum absolute atomic E-state index is 9.52. The summed E-state index contributed by atoms with van der Waals surface area (Å²) in [6.07, 6.45) is 4.82. The first kappa shape index (κ1) is 18.9. The van der Waals surface area contributed by atoms with Gasteiger partial charge in [0.15, 0.2) is 0 Å². The van der Waals surface area contributed by atoms with Crippen molar-refractivity contribution in [1.29, 1.82) is 0 Å². The summed E-state index contributed by atoms with van der Waals surface area (Å²) < 4.78 is 7.21. The lowest BCUT2D eigenvalue weighted by Crippen LogP contribution is -2.52. The molecular weight excluding hydrogens is 328 g/mol. The van der Waals surface area contributed by atoms with Gasteiger partial charge in [-0.3, -0.25) is 14.5 Å². The number of aliphatic hydroxyl groups excluding tert-OH is 1. The molecule has 1 aromatic heterocycles. The highest BCUT2D eigenvalue weighted by molar-refractivity contribution is 5.36. The quantitative estimate of drug-likeness (QED) is 0.818. The Balaban J connectivity index is 1.63. The molecule has 1 aliphatic rings. The second kappa shape index (κ2) is 8.66. The smallest absolute Gasteiger partial charge is 0.121 e. The molecule has 0 bridgehead atoms. The Morgan fingerprint density at radius 2 is 2.08 bits per heavy atom. The van der Waals surface area contributed by atoms with E-state index in [0.717, 1.165) is 44.9 Å². The number of rotatable bonds is 7. The van der Waals surface area contributed by atoms with Gasteiger partial charge in [0.1, 0.15) is 5.75 Å². The highest BCUT2D eigenvalue weighted by atomic mass is 16.5. The van der Waals surface area contributed by atoms with Crippen LogP contribution in [0.15, 0.2) is 30.6 Å². The van der Waals surface area contributed by atoms with E-state index in [1.165, 1.54) is 16.7 Å². The number of aryl methyl sites for hydroxylation is 2. The van der Waals surface area contributed by atoms with Crippen molar-refractivity contribution in [2.45, 2.75) is 32.5 Å². The maximum atomic E-state index is 9.52. The van der Waals surface area contributed by atoms with Gasteiger partial charge >= 0.3 is 0 Å². The van der Waals surface area contributed by atoms with Crippen LogP contribution in [0.25, 0.3) is 0 Å². The zero-order valence-electron chi connectivity index (χ0n) is 16.1. The lowest BCUT2D eigenvalue weighted by molar-refractivity contribution is 0.0499. The number of benzene rings is 1. The van der Waals surface area contributed by atoms with Gasteiger partial charge in [0.25, 0.3) is 0 Å². The first-order chi connectivity index (χ1) is 12.6. The van der Waals surface area contributed by atoms with E-state index in [0.29, 0.717) is 6.04 Å². The number of piperazine rings is 1. The largest absolute Gasteiger partial charge is 0.496 e. The van der Waals surface area contributed by atoms with Crippen LogP contribution in [-0.2, 0) is 20.1 Å². The molecule has 1 aromatic carbocycles. The van der Waals surface area contributed by atoms with Gasteiger partial charge in [-0.05, 0) is 30.5 Å². The van der Waals surface area contributed by atoms with Gasteiger partial charge < -0.3 is 9.84 Å². The van der Waals surface area contributed by atoms with Crippen LogP contribution < -0.4 is 4.74 Å². The normalized spacial score (nSPS) is 19.0. The summed E-state index contributed by atoms with van der Waals surface area (Å²) in [4.78, 5) is 4.96. The van der Waals surface area contributed by atoms with Gasteiger partial charge in [0, 0.05) is 64.2 Å². The average molecular weight is 358 g/mol. The van der Waals surface area contributed by atoms with Gasteiger partial charge in [0.05, 0.1) is 13.3 Å². The first-order valence-electron chi connectivity index (χ1n) is 9.27. The van der Waals surface area contributed by atoms with Crippen LogP contribution in [0.3, 0.4) is 0 Å². The predicted molar refractivity (Wildman–Crippen MR) is 102 cm³/mol. The van der Waals surface area contributed by atoms with E-state index < -0.39 is 0 Å². The number of hydrogen-bond donors (Lipinski definition) is 1. The summed E-state index contributed by atoms with van der Waals surface area (Å²) in [6.45, 7) is 7.16. The summed E-state index contributed by atoms with van der Waals surface area (Å²) in [6, 6.07) is 6.76. The third kappa shape index (κ3) is 4.63. The molecule has 2 aromatic rings. The zero-order valence-corrected chi connectivity index (χ0v) is 16.1. The Morgan fingerprint density at radius 1 is 1.23 bits per heavy atom. The van der Waals surface area contributed by atoms with Crippen molar-refractivity contribution >= 4 is 0 Å². The zero-order chi connectivity index (χ0) is 18.5. The van der Waals surface area contributed by atoms with Crippen molar-refractivity contribution in [3.63, 3.8) is 0 Å². The maximum Gasteiger partial charge on any atom is 0.121 e. The molecule has 1 unspecified atom stereocenters. The molecule has 1 fully saturated rings. The molecule has 1 atom stereocenters. The minimum atomic E-state index is 0.226. The van der Waals surface area contributed by atoms with E-state index in [1.807, 2.05) is 24.0 Å². The van der Waals surface area contributed by atoms with Crippen molar-refractivity contribution in [3.8, 4) is 5.75 Å². The number of hydrogen-bond acceptors (Lipinski definition) is 5. The molecule has 0 radical (unpaired) electrons. The molecule has 1 N–H and O–H groups in total. The topological polar surface area (TPSA) is 53.8 Å². The van der Waals surface area contributed by atoms with Crippen LogP contribution in [-0.4, -0.2) is 64.1 Å². The summed E-state index contributed by atoms with van der Waals surface area (Å²) in [7, 11) is 3.66. The minimum absolute atomic E-state index is 0.226. The second-order valence-electron chi connectivity index (χ2n) is 7.20. The summed E-state index contributed by atoms with van der Waals surface area (Å²) in [5, 5.41) is 13.8. The van der Waals surface area contributed by atoms with Crippen molar-refractivity contribution in [3.05, 3.63) is 47.3 Å². The van der Waals surface area contributed by atoms with E-state index in [4.69, 9.17) is 4.74 Å². The van der Waals surface area contributed by atoms with E-state index >= 15 is 0 Å². The first-order valence-corrected chi connectivity index (χ1v) is 9.27. The third-order valence-corrected chi connectivity index (χ3v) is 5.16. The fourth-order valence-electron chi connectivity index (χ4n) is 3.82. The molecule has 1 aliphatic heterocycles. The molecule has 0 amide bonds. The number of aromatic nitrogens is 2. The molecule has 6 nitrogen and oxygen atoms in total. The molecule has 3 rings (SSSR count). The summed E-state index contributed by atoms with van der Waals surface area (Å²) in [5.74, 6) is 0.932. The van der Waals surface area contributed by atoms with Crippen LogP contribution in [0.4, 0.5) is 0 Å². The van der Waals surface area contributed by atoms with Gasteiger partial charge in [0.2, 0.25) is 0 Å². The molecule has 0 aliphatic carbocycles. The molecule has 0 spiro atoms. The van der Waals surface area contributed by atoms with Crippen LogP contribution in [0.2, 0.25) is 0 Å². The fraction of sp³-hybridized carbons (Fsp3) is 0.550. The van der Waals surface area contributed by atoms with Crippen LogP contribution in [0.1, 0.15) is 23.1 Å². The van der Waals surface area contributed by atoms with E-state index in [9.17, 15) is 5.11 Å². The van der Waals surface area contributed by atoms with Crippen molar-refractivity contribution in [2.75, 3.05) is 33.4 Å². The standard InChI is InChI=1S/C20H30N4O2/c1-16-10-17(4-5-20(16)26-3)14-24-8-7-23(15-19(24)6-9-25)13-18-11-21-22(2)12-18/h4-5,10-12,19,25H,6-9,13-15H2,1-3H3. The Morgan fingerprint density at radius 3 is 2.73 bits per heavy atom. The predicted octanol–water partition coefficient (Wildman–Crippen LogP) is 1.81. The molecule has 26 heavy (non-hydrogen) atoms. The molecule has 1 saturated heterocycles. The SMILES string of the molecule is COc1ccc(CN2CCN(Cc3cnn(C)c3)CC2CCO)cc1C. The number of nitrogens with zero attached hydrogens (tertiary/aromatic N) is 4. The number of methoxy groups -OCH3 is 1. The third-order valence-electron chi connectivity index (χ3n) is 5.16. The molecule has 142 valence electrons. The van der Waals surface area contributed by atoms with Crippen molar-refractivity contribution in [1.82, 2.24) is 19.6 Å². The monoisotopic (exact) mass is 358 g/mol. The molecule has 2 heterocycles. The Bertz CT molecular complexity index is 716. The van der Waals surface area contributed by atoms with Crippen molar-refractivity contribution in [2.24, 2.45) is 7.05 Å². The molecule has 0 saturated carbocycles. The van der Waals surface area contributed by atoms with Crippen LogP contribution in [0, 0.1) is 6.92 Å². The minimum Gasteiger partial charge on any atom is -0.496 e. The van der Waals surface area contributed by atoms with Crippen LogP contribution >= 0.6 is 0 Å². The fourth-order valence-corrected chi connectivity index (χ4v) is 3.82. The van der Waals surface area contributed by atoms with E-state index in [-0.39, 0.29) is 6.61 Å². The second-order valence-corrected chi connectivity index (χ2v) is 7.20. The Hall–Kier alpha value is -1.89. The van der Waals surface area contributed by atoms with E-state index in [2.05, 4.69) is 40.2 Å². The highest BCUT2D eigenvalue weighted by Gasteiger charge is 2.27. The highest BCUT2D eigenvalue weighted by Crippen LogP contribution is 2.22. The van der Waals surface area contributed by atoms with Crippen LogP contribution in [0.5, 0.6) is 5.75 Å². The molecular formula is C20H30N4O2. The number of ether oxygens (including phenoxy) is 1. The Labute approximate surface area is 156 Å². The lowest BCUT2D eigenvalue weighted by Gasteiger charge is -2.41. The summed E-state index contributed by atoms with van der Waals surface area (Å²) >= 11 is 0. The van der Waals surface area contributed by atoms with Gasteiger partial charge in [-0.15, -0.1) is 0 Å². The Kier molecular flexibility index (Phi) is 6.29. The van der Waals surface area contributed by atoms with Gasteiger partial charge in [-0.25, -0.2) is 0 Å². The lowest BCUT2D eigenvalue weighted by atomic mass is 10.1. The average Bonchev–Trinajstić information content (AvgIpc) is 3.02. The van der Waals surface area contributed by atoms with Crippen molar-refractivity contribution < 1.29 is 9.84 Å². The van der Waals surface area contributed by atoms with Gasteiger partial charge in [-0.1, -0.05) is 12.1 Å². The molecule has 6 heteroatoms. The summed E-state index contributed by atoms with van der Waals surface area (Å²) in [5.41, 5.74) is 3.71. The number of aliphatic hydroxyl groups is 1. The van der Waals surface area contributed by atoms with E-state index in [1.54, 1.807) is 7.11 Å². The van der Waals surface area contributed by atoms with Gasteiger partial charge in [-0.2, -0.15) is 5.10 Å².